The average molecular weight is 285 g/mol. The minimum Gasteiger partial charge on any atom is -0.357 e. The molecule has 0 spiro atoms. The van der Waals surface area contributed by atoms with E-state index >= 15 is 0 Å². The van der Waals surface area contributed by atoms with Gasteiger partial charge in [-0.3, -0.25) is 0 Å². The van der Waals surface area contributed by atoms with Gasteiger partial charge in [0.05, 0.1) is 5.52 Å². The molecular weight excluding hydrogens is 258 g/mol. The van der Waals surface area contributed by atoms with Crippen molar-refractivity contribution in [1.82, 2.24) is 10.3 Å². The number of para-hydroxylation sites is 1. The average Bonchev–Trinajstić information content (AvgIpc) is 2.53. The molecule has 3 heteroatoms. The maximum Gasteiger partial charge on any atom is 0.129 e. The zero-order chi connectivity index (χ0) is 15.2. The lowest BCUT2D eigenvalue weighted by atomic mass is 10.1. The van der Waals surface area contributed by atoms with E-state index < -0.39 is 0 Å². The molecule has 3 nitrogen and oxygen atoms in total. The summed E-state index contributed by atoms with van der Waals surface area (Å²) in [6.45, 7) is 8.49. The third-order valence-electron chi connectivity index (χ3n) is 4.21. The van der Waals surface area contributed by atoms with E-state index in [-0.39, 0.29) is 0 Å². The molecule has 0 bridgehead atoms. The van der Waals surface area contributed by atoms with E-state index in [0.29, 0.717) is 6.04 Å². The molecule has 2 rings (SSSR count). The number of hydrogen-bond donors (Lipinski definition) is 1. The predicted molar refractivity (Wildman–Crippen MR) is 91.9 cm³/mol. The summed E-state index contributed by atoms with van der Waals surface area (Å²) in [7, 11) is 2.16. The minimum atomic E-state index is 0.547. The maximum absolute atomic E-state index is 4.86. The van der Waals surface area contributed by atoms with E-state index in [9.17, 15) is 0 Å². The maximum atomic E-state index is 4.86. The first kappa shape index (κ1) is 15.8. The molecule has 0 saturated carbocycles. The molecule has 0 aliphatic rings. The number of benzene rings is 1. The van der Waals surface area contributed by atoms with Crippen LogP contribution in [-0.4, -0.2) is 24.6 Å². The molecule has 0 aliphatic heterocycles. The molecule has 1 heterocycles. The van der Waals surface area contributed by atoms with Crippen molar-refractivity contribution in [3.63, 3.8) is 0 Å². The van der Waals surface area contributed by atoms with E-state index in [4.69, 9.17) is 4.98 Å². The van der Waals surface area contributed by atoms with E-state index in [1.165, 1.54) is 10.9 Å². The summed E-state index contributed by atoms with van der Waals surface area (Å²) < 4.78 is 0. The zero-order valence-electron chi connectivity index (χ0n) is 13.7. The highest BCUT2D eigenvalue weighted by atomic mass is 15.2. The summed E-state index contributed by atoms with van der Waals surface area (Å²) in [6.07, 6.45) is 2.29. The smallest absolute Gasteiger partial charge is 0.129 e. The lowest BCUT2D eigenvalue weighted by molar-refractivity contribution is 0.587. The minimum absolute atomic E-state index is 0.547. The Hall–Kier alpha value is -1.61. The van der Waals surface area contributed by atoms with Gasteiger partial charge in [0.1, 0.15) is 5.82 Å². The van der Waals surface area contributed by atoms with Gasteiger partial charge in [0, 0.05) is 25.0 Å². The van der Waals surface area contributed by atoms with Crippen LogP contribution in [0.4, 0.5) is 5.82 Å². The standard InChI is InChI=1S/C18H27N3/c1-5-15(6-2)21(4)18-12-14(13-19-7-3)16-10-8-9-11-17(16)20-18/h8-12,15,19H,5-7,13H2,1-4H3. The van der Waals surface area contributed by atoms with Crippen molar-refractivity contribution >= 4 is 16.7 Å². The van der Waals surface area contributed by atoms with Gasteiger partial charge in [-0.05, 0) is 37.1 Å². The molecule has 1 aromatic carbocycles. The van der Waals surface area contributed by atoms with Crippen molar-refractivity contribution < 1.29 is 0 Å². The summed E-state index contributed by atoms with van der Waals surface area (Å²) in [5, 5.41) is 4.68. The van der Waals surface area contributed by atoms with Gasteiger partial charge in [-0.15, -0.1) is 0 Å². The van der Waals surface area contributed by atoms with Crippen LogP contribution in [-0.2, 0) is 6.54 Å². The molecular formula is C18H27N3. The van der Waals surface area contributed by atoms with Crippen molar-refractivity contribution in [3.8, 4) is 0 Å². The molecule has 0 amide bonds. The molecule has 0 fully saturated rings. The normalized spacial score (nSPS) is 11.3. The van der Waals surface area contributed by atoms with Crippen LogP contribution in [0.25, 0.3) is 10.9 Å². The summed E-state index contributed by atoms with van der Waals surface area (Å²) >= 11 is 0. The van der Waals surface area contributed by atoms with Crippen LogP contribution >= 0.6 is 0 Å². The van der Waals surface area contributed by atoms with Crippen LogP contribution in [0.15, 0.2) is 30.3 Å². The third kappa shape index (κ3) is 3.53. The number of anilines is 1. The fourth-order valence-electron chi connectivity index (χ4n) is 2.84. The Kier molecular flexibility index (Phi) is 5.57. The summed E-state index contributed by atoms with van der Waals surface area (Å²) in [5.41, 5.74) is 2.41. The predicted octanol–water partition coefficient (Wildman–Crippen LogP) is 3.97. The molecule has 0 atom stereocenters. The molecule has 0 radical (unpaired) electrons. The number of rotatable bonds is 7. The van der Waals surface area contributed by atoms with Gasteiger partial charge in [-0.1, -0.05) is 39.0 Å². The van der Waals surface area contributed by atoms with Gasteiger partial charge in [-0.2, -0.15) is 0 Å². The Morgan fingerprint density at radius 3 is 2.52 bits per heavy atom. The van der Waals surface area contributed by atoms with E-state index in [1.807, 2.05) is 0 Å². The van der Waals surface area contributed by atoms with E-state index in [1.54, 1.807) is 0 Å². The van der Waals surface area contributed by atoms with Crippen molar-refractivity contribution in [2.75, 3.05) is 18.5 Å². The second-order valence-electron chi connectivity index (χ2n) is 5.52. The van der Waals surface area contributed by atoms with Crippen LogP contribution in [0.1, 0.15) is 39.2 Å². The van der Waals surface area contributed by atoms with Gasteiger partial charge in [0.15, 0.2) is 0 Å². The van der Waals surface area contributed by atoms with E-state index in [2.05, 4.69) is 68.4 Å². The van der Waals surface area contributed by atoms with Gasteiger partial charge in [0.25, 0.3) is 0 Å². The highest BCUT2D eigenvalue weighted by Crippen LogP contribution is 2.24. The Bertz CT molecular complexity index is 576. The molecule has 1 aromatic heterocycles. The number of hydrogen-bond acceptors (Lipinski definition) is 3. The Morgan fingerprint density at radius 2 is 1.86 bits per heavy atom. The lowest BCUT2D eigenvalue weighted by Crippen LogP contribution is -2.31. The topological polar surface area (TPSA) is 28.2 Å². The van der Waals surface area contributed by atoms with Crippen molar-refractivity contribution in [3.05, 3.63) is 35.9 Å². The third-order valence-corrected chi connectivity index (χ3v) is 4.21. The lowest BCUT2D eigenvalue weighted by Gasteiger charge is -2.28. The number of pyridine rings is 1. The number of aromatic nitrogens is 1. The second kappa shape index (κ2) is 7.41. The summed E-state index contributed by atoms with van der Waals surface area (Å²) in [4.78, 5) is 7.18. The fourth-order valence-corrected chi connectivity index (χ4v) is 2.84. The SMILES string of the molecule is CCNCc1cc(N(C)C(CC)CC)nc2ccccc12. The van der Waals surface area contributed by atoms with Crippen molar-refractivity contribution in [2.45, 2.75) is 46.2 Å². The first-order chi connectivity index (χ1) is 10.2. The Morgan fingerprint density at radius 1 is 1.14 bits per heavy atom. The van der Waals surface area contributed by atoms with E-state index in [0.717, 1.165) is 37.3 Å². The number of nitrogens with zero attached hydrogens (tertiary/aromatic N) is 2. The fraction of sp³-hybridized carbons (Fsp3) is 0.500. The molecule has 0 aliphatic carbocycles. The van der Waals surface area contributed by atoms with Gasteiger partial charge < -0.3 is 10.2 Å². The molecule has 0 saturated heterocycles. The largest absolute Gasteiger partial charge is 0.357 e. The molecule has 0 unspecified atom stereocenters. The van der Waals surface area contributed by atoms with Crippen LogP contribution < -0.4 is 10.2 Å². The highest BCUT2D eigenvalue weighted by Gasteiger charge is 2.14. The summed E-state index contributed by atoms with van der Waals surface area (Å²) in [5.74, 6) is 1.08. The Balaban J connectivity index is 2.44. The summed E-state index contributed by atoms with van der Waals surface area (Å²) in [6, 6.07) is 11.2. The van der Waals surface area contributed by atoms with Gasteiger partial charge in [-0.25, -0.2) is 4.98 Å². The second-order valence-corrected chi connectivity index (χ2v) is 5.52. The first-order valence-corrected chi connectivity index (χ1v) is 8.03. The highest BCUT2D eigenvalue weighted by molar-refractivity contribution is 5.84. The monoisotopic (exact) mass is 285 g/mol. The number of fused-ring (bicyclic) bond motifs is 1. The Labute approximate surface area is 128 Å². The van der Waals surface area contributed by atoms with Crippen LogP contribution in [0.2, 0.25) is 0 Å². The van der Waals surface area contributed by atoms with Crippen molar-refractivity contribution in [1.29, 1.82) is 0 Å². The molecule has 2 aromatic rings. The zero-order valence-corrected chi connectivity index (χ0v) is 13.7. The molecule has 1 N–H and O–H groups in total. The first-order valence-electron chi connectivity index (χ1n) is 8.03. The van der Waals surface area contributed by atoms with Crippen LogP contribution in [0.3, 0.4) is 0 Å². The molecule has 21 heavy (non-hydrogen) atoms. The van der Waals surface area contributed by atoms with Crippen LogP contribution in [0, 0.1) is 0 Å². The molecule has 114 valence electrons. The van der Waals surface area contributed by atoms with Crippen LogP contribution in [0.5, 0.6) is 0 Å². The number of nitrogens with one attached hydrogen (secondary N) is 1. The quantitative estimate of drug-likeness (QED) is 0.834. The van der Waals surface area contributed by atoms with Gasteiger partial charge >= 0.3 is 0 Å². The van der Waals surface area contributed by atoms with Crippen molar-refractivity contribution in [2.24, 2.45) is 0 Å². The van der Waals surface area contributed by atoms with Gasteiger partial charge in [0.2, 0.25) is 0 Å².